The van der Waals surface area contributed by atoms with Crippen LogP contribution in [0.3, 0.4) is 0 Å². The van der Waals surface area contributed by atoms with Gasteiger partial charge in [0, 0.05) is 0 Å². The molecule has 0 radical (unpaired) electrons. The molecule has 0 heterocycles. The van der Waals surface area contributed by atoms with Crippen LogP contribution in [0.4, 0.5) is 0 Å². The number of carboxylic acid groups (broad SMARTS) is 2. The maximum absolute atomic E-state index is 13.0. The summed E-state index contributed by atoms with van der Waals surface area (Å²) in [7, 11) is -3.75. The second kappa shape index (κ2) is 11.0. The van der Waals surface area contributed by atoms with Gasteiger partial charge < -0.3 is 19.7 Å². The van der Waals surface area contributed by atoms with Gasteiger partial charge in [0.15, 0.2) is 0 Å². The zero-order valence-corrected chi connectivity index (χ0v) is 20.2. The van der Waals surface area contributed by atoms with Gasteiger partial charge in [-0.25, -0.2) is 18.0 Å². The van der Waals surface area contributed by atoms with Crippen LogP contribution < -0.4 is 9.47 Å². The average Bonchev–Trinajstić information content (AvgIpc) is 2.91. The molecule has 188 valence electrons. The number of rotatable bonds is 10. The Kier molecular flexibility index (Phi) is 7.55. The third kappa shape index (κ3) is 6.33. The molecule has 4 aromatic rings. The molecule has 2 N–H and O–H groups in total. The lowest BCUT2D eigenvalue weighted by atomic mass is 10.1. The highest BCUT2D eigenvalue weighted by molar-refractivity contribution is 7.91. The lowest BCUT2D eigenvalue weighted by Crippen LogP contribution is -2.03. The summed E-state index contributed by atoms with van der Waals surface area (Å²) in [5.74, 6) is -1.06. The number of carboxylic acids is 2. The lowest BCUT2D eigenvalue weighted by molar-refractivity contribution is 0.0686. The van der Waals surface area contributed by atoms with Crippen LogP contribution in [0.25, 0.3) is 0 Å². The molecular weight excluding hydrogens is 496 g/mol. The minimum atomic E-state index is -3.75. The smallest absolute Gasteiger partial charge is 0.335 e. The number of hydrogen-bond acceptors (Lipinski definition) is 6. The molecule has 0 saturated carbocycles. The van der Waals surface area contributed by atoms with E-state index < -0.39 is 21.8 Å². The van der Waals surface area contributed by atoms with Crippen molar-refractivity contribution in [1.29, 1.82) is 0 Å². The molecule has 0 aliphatic rings. The molecule has 0 atom stereocenters. The molecule has 0 aromatic heterocycles. The summed E-state index contributed by atoms with van der Waals surface area (Å²) in [5, 5.41) is 17.9. The fourth-order valence-electron chi connectivity index (χ4n) is 3.39. The van der Waals surface area contributed by atoms with E-state index in [0.29, 0.717) is 11.5 Å². The van der Waals surface area contributed by atoms with Gasteiger partial charge in [0.1, 0.15) is 24.7 Å². The minimum absolute atomic E-state index is 0.109. The van der Waals surface area contributed by atoms with Crippen molar-refractivity contribution < 1.29 is 37.7 Å². The van der Waals surface area contributed by atoms with Crippen LogP contribution in [0.5, 0.6) is 11.5 Å². The third-order valence-corrected chi connectivity index (χ3v) is 7.27. The van der Waals surface area contributed by atoms with Crippen LogP contribution in [0.15, 0.2) is 107 Å². The first-order valence-electron chi connectivity index (χ1n) is 11.1. The van der Waals surface area contributed by atoms with Crippen molar-refractivity contribution in [2.75, 3.05) is 0 Å². The number of sulfone groups is 1. The van der Waals surface area contributed by atoms with Crippen molar-refractivity contribution >= 4 is 21.8 Å². The Bertz CT molecular complexity index is 1380. The van der Waals surface area contributed by atoms with Gasteiger partial charge in [-0.1, -0.05) is 24.3 Å². The lowest BCUT2D eigenvalue weighted by Gasteiger charge is -2.10. The van der Waals surface area contributed by atoms with E-state index in [2.05, 4.69) is 0 Å². The van der Waals surface area contributed by atoms with E-state index in [0.717, 1.165) is 11.1 Å². The summed E-state index contributed by atoms with van der Waals surface area (Å²) in [5.41, 5.74) is 1.93. The second-order valence-electron chi connectivity index (χ2n) is 8.03. The fraction of sp³-hybridized carbons (Fsp3) is 0.0714. The molecule has 37 heavy (non-hydrogen) atoms. The van der Waals surface area contributed by atoms with Crippen LogP contribution in [-0.4, -0.2) is 30.6 Å². The van der Waals surface area contributed by atoms with Crippen molar-refractivity contribution in [2.45, 2.75) is 23.0 Å². The van der Waals surface area contributed by atoms with Gasteiger partial charge in [0.25, 0.3) is 0 Å². The van der Waals surface area contributed by atoms with Crippen LogP contribution in [0, 0.1) is 0 Å². The van der Waals surface area contributed by atoms with Crippen molar-refractivity contribution in [3.8, 4) is 11.5 Å². The van der Waals surface area contributed by atoms with Gasteiger partial charge in [-0.15, -0.1) is 0 Å². The van der Waals surface area contributed by atoms with E-state index in [-0.39, 0.29) is 34.1 Å². The molecule has 4 rings (SSSR count). The monoisotopic (exact) mass is 518 g/mol. The Labute approximate surface area is 213 Å². The molecule has 0 unspecified atom stereocenters. The summed E-state index contributed by atoms with van der Waals surface area (Å²) >= 11 is 0. The van der Waals surface area contributed by atoms with Gasteiger partial charge in [-0.05, 0) is 83.9 Å². The van der Waals surface area contributed by atoms with Crippen molar-refractivity contribution in [2.24, 2.45) is 0 Å². The standard InChI is InChI=1S/C28H22O8S/c29-27(30)21-5-1-19(2-6-21)17-35-23-9-13-25(14-10-23)37(33,34)26-15-11-24(12-16-26)36-18-20-3-7-22(8-4-20)28(31)32/h1-16H,17-18H2,(H,29,30)(H,31,32). The SMILES string of the molecule is O=C(O)c1ccc(COc2ccc(S(=O)(=O)c3ccc(OCc4ccc(C(=O)O)cc4)cc3)cc2)cc1. The van der Waals surface area contributed by atoms with E-state index in [4.69, 9.17) is 19.7 Å². The van der Waals surface area contributed by atoms with Crippen LogP contribution in [0.2, 0.25) is 0 Å². The molecule has 8 nitrogen and oxygen atoms in total. The predicted molar refractivity (Wildman–Crippen MR) is 134 cm³/mol. The Morgan fingerprint density at radius 2 is 0.865 bits per heavy atom. The Balaban J connectivity index is 1.35. The fourth-order valence-corrected chi connectivity index (χ4v) is 4.65. The Morgan fingerprint density at radius 1 is 0.541 bits per heavy atom. The highest BCUT2D eigenvalue weighted by Gasteiger charge is 2.18. The van der Waals surface area contributed by atoms with E-state index in [1.54, 1.807) is 48.5 Å². The zero-order valence-electron chi connectivity index (χ0n) is 19.4. The van der Waals surface area contributed by atoms with Crippen LogP contribution >= 0.6 is 0 Å². The Hall–Kier alpha value is -4.63. The molecule has 0 saturated heterocycles. The first-order chi connectivity index (χ1) is 17.7. The normalized spacial score (nSPS) is 11.0. The largest absolute Gasteiger partial charge is 0.489 e. The second-order valence-corrected chi connectivity index (χ2v) is 9.98. The molecule has 0 bridgehead atoms. The van der Waals surface area contributed by atoms with Crippen LogP contribution in [0.1, 0.15) is 31.8 Å². The number of carbonyl (C=O) groups is 2. The van der Waals surface area contributed by atoms with Crippen molar-refractivity contribution in [1.82, 2.24) is 0 Å². The Morgan fingerprint density at radius 3 is 1.16 bits per heavy atom. The van der Waals surface area contributed by atoms with Gasteiger partial charge in [-0.3, -0.25) is 0 Å². The van der Waals surface area contributed by atoms with Gasteiger partial charge in [0.05, 0.1) is 20.9 Å². The number of ether oxygens (including phenoxy) is 2. The summed E-state index contributed by atoms with van der Waals surface area (Å²) in [6.07, 6.45) is 0. The molecule has 0 spiro atoms. The first-order valence-corrected chi connectivity index (χ1v) is 12.6. The number of aromatic carboxylic acids is 2. The minimum Gasteiger partial charge on any atom is -0.489 e. The van der Waals surface area contributed by atoms with E-state index in [1.165, 1.54) is 48.5 Å². The van der Waals surface area contributed by atoms with Gasteiger partial charge in [-0.2, -0.15) is 0 Å². The van der Waals surface area contributed by atoms with Crippen LogP contribution in [-0.2, 0) is 23.1 Å². The predicted octanol–water partition coefficient (Wildman–Crippen LogP) is 5.07. The van der Waals surface area contributed by atoms with Gasteiger partial charge in [0.2, 0.25) is 9.84 Å². The highest BCUT2D eigenvalue weighted by Crippen LogP contribution is 2.25. The molecule has 4 aromatic carbocycles. The van der Waals surface area contributed by atoms with E-state index in [9.17, 15) is 18.0 Å². The maximum atomic E-state index is 13.0. The summed E-state index contributed by atoms with van der Waals surface area (Å²) in [6.45, 7) is 0.411. The molecule has 0 amide bonds. The van der Waals surface area contributed by atoms with Gasteiger partial charge >= 0.3 is 11.9 Å². The average molecular weight is 519 g/mol. The molecular formula is C28H22O8S. The first kappa shape index (κ1) is 25.5. The molecule has 9 heteroatoms. The van der Waals surface area contributed by atoms with Crippen molar-refractivity contribution in [3.05, 3.63) is 119 Å². The number of hydrogen-bond donors (Lipinski definition) is 2. The molecule has 0 aliphatic carbocycles. The quantitative estimate of drug-likeness (QED) is 0.298. The van der Waals surface area contributed by atoms with E-state index in [1.807, 2.05) is 0 Å². The highest BCUT2D eigenvalue weighted by atomic mass is 32.2. The molecule has 0 aliphatic heterocycles. The van der Waals surface area contributed by atoms with E-state index >= 15 is 0 Å². The topological polar surface area (TPSA) is 127 Å². The molecule has 0 fully saturated rings. The summed E-state index contributed by atoms with van der Waals surface area (Å²) in [6, 6.07) is 24.7. The maximum Gasteiger partial charge on any atom is 0.335 e. The summed E-state index contributed by atoms with van der Waals surface area (Å²) < 4.78 is 37.4. The third-order valence-electron chi connectivity index (χ3n) is 5.48. The zero-order chi connectivity index (χ0) is 26.4. The number of benzene rings is 4. The summed E-state index contributed by atoms with van der Waals surface area (Å²) in [4.78, 5) is 22.1. The van der Waals surface area contributed by atoms with Crippen molar-refractivity contribution in [3.63, 3.8) is 0 Å².